The average Bonchev–Trinajstić information content (AvgIpc) is 2.88. The fraction of sp³-hybridized carbons (Fsp3) is 0.529. The van der Waals surface area contributed by atoms with E-state index in [1.807, 2.05) is 19.1 Å². The van der Waals surface area contributed by atoms with Crippen molar-refractivity contribution in [3.05, 3.63) is 35.6 Å². The van der Waals surface area contributed by atoms with Gasteiger partial charge in [-0.2, -0.15) is 26.3 Å². The van der Waals surface area contributed by atoms with Gasteiger partial charge in [0, 0.05) is 11.3 Å². The first kappa shape index (κ1) is 17.2. The third-order valence-corrected chi connectivity index (χ3v) is 5.02. The first-order valence-electron chi connectivity index (χ1n) is 7.67. The van der Waals surface area contributed by atoms with Crippen LogP contribution in [0.3, 0.4) is 0 Å². The highest BCUT2D eigenvalue weighted by molar-refractivity contribution is 5.78. The van der Waals surface area contributed by atoms with E-state index in [2.05, 4.69) is 0 Å². The fourth-order valence-corrected chi connectivity index (χ4v) is 3.48. The van der Waals surface area contributed by atoms with E-state index in [0.717, 1.165) is 10.9 Å². The molecule has 3 rings (SSSR count). The van der Waals surface area contributed by atoms with Gasteiger partial charge in [0.05, 0.1) is 0 Å². The van der Waals surface area contributed by atoms with E-state index in [4.69, 9.17) is 4.42 Å². The summed E-state index contributed by atoms with van der Waals surface area (Å²) in [6.07, 6.45) is -12.9. The molecule has 24 heavy (non-hydrogen) atoms. The number of hydrogen-bond donors (Lipinski definition) is 0. The van der Waals surface area contributed by atoms with Gasteiger partial charge in [0.25, 0.3) is 0 Å². The summed E-state index contributed by atoms with van der Waals surface area (Å²) in [6, 6.07) is 7.22. The van der Waals surface area contributed by atoms with Crippen LogP contribution in [0.15, 0.2) is 28.7 Å². The zero-order chi connectivity index (χ0) is 17.8. The molecular weight excluding hydrogens is 334 g/mol. The van der Waals surface area contributed by atoms with Crippen LogP contribution in [0, 0.1) is 12.3 Å². The minimum absolute atomic E-state index is 0.197. The Kier molecular flexibility index (Phi) is 3.88. The largest absolute Gasteiger partial charge is 0.461 e. The molecule has 1 nitrogen and oxygen atoms in total. The van der Waals surface area contributed by atoms with Crippen LogP contribution in [0.2, 0.25) is 0 Å². The Morgan fingerprint density at radius 1 is 0.958 bits per heavy atom. The number of benzene rings is 1. The summed E-state index contributed by atoms with van der Waals surface area (Å²) in [5.74, 6) is 0.0454. The van der Waals surface area contributed by atoms with Gasteiger partial charge in [-0.3, -0.25) is 0 Å². The van der Waals surface area contributed by atoms with Gasteiger partial charge in [-0.05, 0) is 50.3 Å². The van der Waals surface area contributed by atoms with Crippen molar-refractivity contribution in [3.8, 4) is 0 Å². The molecule has 1 aliphatic carbocycles. The number of halogens is 6. The lowest BCUT2D eigenvalue weighted by Crippen LogP contribution is -2.51. The number of fused-ring (bicyclic) bond motifs is 1. The maximum atomic E-state index is 13.1. The van der Waals surface area contributed by atoms with Crippen LogP contribution in [-0.2, 0) is 0 Å². The number of rotatable bonds is 1. The topological polar surface area (TPSA) is 13.1 Å². The highest BCUT2D eigenvalue weighted by Gasteiger charge is 2.70. The summed E-state index contributed by atoms with van der Waals surface area (Å²) in [7, 11) is 0. The van der Waals surface area contributed by atoms with Crippen LogP contribution in [0.1, 0.15) is 42.9 Å². The lowest BCUT2D eigenvalue weighted by atomic mass is 9.69. The lowest BCUT2D eigenvalue weighted by molar-refractivity contribution is -0.350. The predicted octanol–water partition coefficient (Wildman–Crippen LogP) is 6.51. The standard InChI is InChI=1S/C17H16F6O/c1-10-2-3-12-9-14(24-13(12)8-10)11-4-6-15(7-5-11,16(18,19)20)17(21,22)23/h2-3,8-9,11H,4-7H2,1H3. The summed E-state index contributed by atoms with van der Waals surface area (Å²) in [4.78, 5) is 0. The van der Waals surface area contributed by atoms with E-state index in [1.54, 1.807) is 12.1 Å². The molecule has 1 saturated carbocycles. The SMILES string of the molecule is Cc1ccc2cc(C3CCC(C(F)(F)F)(C(F)(F)F)CC3)oc2c1. The van der Waals surface area contributed by atoms with Crippen molar-refractivity contribution >= 4 is 11.0 Å². The third-order valence-electron chi connectivity index (χ3n) is 5.02. The van der Waals surface area contributed by atoms with Gasteiger partial charge in [-0.25, -0.2) is 0 Å². The van der Waals surface area contributed by atoms with Crippen molar-refractivity contribution < 1.29 is 30.8 Å². The molecule has 7 heteroatoms. The Hall–Kier alpha value is -1.66. The molecule has 0 N–H and O–H groups in total. The van der Waals surface area contributed by atoms with E-state index in [0.29, 0.717) is 11.3 Å². The van der Waals surface area contributed by atoms with Crippen molar-refractivity contribution in [2.75, 3.05) is 0 Å². The summed E-state index contributed by atoms with van der Waals surface area (Å²) >= 11 is 0. The molecule has 1 aromatic heterocycles. The van der Waals surface area contributed by atoms with Crippen LogP contribution in [-0.4, -0.2) is 12.4 Å². The van der Waals surface area contributed by atoms with E-state index in [9.17, 15) is 26.3 Å². The lowest BCUT2D eigenvalue weighted by Gasteiger charge is -2.41. The monoisotopic (exact) mass is 350 g/mol. The summed E-state index contributed by atoms with van der Waals surface area (Å²) < 4.78 is 84.2. The van der Waals surface area contributed by atoms with Crippen LogP contribution in [0.5, 0.6) is 0 Å². The molecule has 1 heterocycles. The molecule has 132 valence electrons. The molecule has 0 saturated heterocycles. The van der Waals surface area contributed by atoms with Gasteiger partial charge in [0.1, 0.15) is 11.3 Å². The second-order valence-corrected chi connectivity index (χ2v) is 6.54. The second kappa shape index (κ2) is 5.43. The molecule has 0 amide bonds. The molecule has 0 unspecified atom stereocenters. The van der Waals surface area contributed by atoms with E-state index in [1.165, 1.54) is 0 Å². The highest BCUT2D eigenvalue weighted by Crippen LogP contribution is 2.60. The molecule has 2 aromatic rings. The van der Waals surface area contributed by atoms with Gasteiger partial charge < -0.3 is 4.42 Å². The molecule has 1 aliphatic rings. The van der Waals surface area contributed by atoms with Crippen LogP contribution < -0.4 is 0 Å². The average molecular weight is 350 g/mol. The Bertz CT molecular complexity index is 716. The number of furan rings is 1. The van der Waals surface area contributed by atoms with Gasteiger partial charge in [-0.1, -0.05) is 12.1 Å². The van der Waals surface area contributed by atoms with Crippen LogP contribution in [0.4, 0.5) is 26.3 Å². The molecule has 0 aliphatic heterocycles. The van der Waals surface area contributed by atoms with E-state index < -0.39 is 36.5 Å². The predicted molar refractivity (Wildman–Crippen MR) is 76.7 cm³/mol. The summed E-state index contributed by atoms with van der Waals surface area (Å²) in [6.45, 7) is 1.88. The Morgan fingerprint density at radius 3 is 2.08 bits per heavy atom. The van der Waals surface area contributed by atoms with Gasteiger partial charge in [0.15, 0.2) is 5.41 Å². The second-order valence-electron chi connectivity index (χ2n) is 6.54. The minimum Gasteiger partial charge on any atom is -0.461 e. The first-order valence-corrected chi connectivity index (χ1v) is 7.67. The molecular formula is C17H16F6O. The minimum atomic E-state index is -5.29. The summed E-state index contributed by atoms with van der Waals surface area (Å²) in [5, 5.41) is 0.805. The number of hydrogen-bond acceptors (Lipinski definition) is 1. The molecule has 0 spiro atoms. The molecule has 0 radical (unpaired) electrons. The van der Waals surface area contributed by atoms with Gasteiger partial charge >= 0.3 is 12.4 Å². The Morgan fingerprint density at radius 2 is 1.54 bits per heavy atom. The third kappa shape index (κ3) is 2.67. The maximum absolute atomic E-state index is 13.1. The van der Waals surface area contributed by atoms with Crippen molar-refractivity contribution in [3.63, 3.8) is 0 Å². The van der Waals surface area contributed by atoms with Crippen molar-refractivity contribution in [1.29, 1.82) is 0 Å². The Balaban J connectivity index is 1.85. The van der Waals surface area contributed by atoms with Crippen molar-refractivity contribution in [2.24, 2.45) is 5.41 Å². The van der Waals surface area contributed by atoms with Crippen LogP contribution >= 0.6 is 0 Å². The van der Waals surface area contributed by atoms with E-state index >= 15 is 0 Å². The normalized spacial score (nSPS) is 19.8. The Labute approximate surface area is 134 Å². The highest BCUT2D eigenvalue weighted by atomic mass is 19.4. The smallest absolute Gasteiger partial charge is 0.403 e. The molecule has 0 bridgehead atoms. The maximum Gasteiger partial charge on any atom is 0.403 e. The number of alkyl halides is 6. The molecule has 1 aromatic carbocycles. The van der Waals surface area contributed by atoms with Gasteiger partial charge in [0.2, 0.25) is 0 Å². The molecule has 0 atom stereocenters. The van der Waals surface area contributed by atoms with Crippen LogP contribution in [0.25, 0.3) is 11.0 Å². The fourth-order valence-electron chi connectivity index (χ4n) is 3.48. The van der Waals surface area contributed by atoms with Crippen molar-refractivity contribution in [2.45, 2.75) is 50.9 Å². The first-order chi connectivity index (χ1) is 11.0. The zero-order valence-electron chi connectivity index (χ0n) is 12.9. The quantitative estimate of drug-likeness (QED) is 0.534. The summed E-state index contributed by atoms with van der Waals surface area (Å²) in [5.41, 5.74) is -2.02. The molecule has 1 fully saturated rings. The zero-order valence-corrected chi connectivity index (χ0v) is 12.9. The van der Waals surface area contributed by atoms with E-state index in [-0.39, 0.29) is 12.8 Å². The van der Waals surface area contributed by atoms with Gasteiger partial charge in [-0.15, -0.1) is 0 Å². The number of aryl methyl sites for hydroxylation is 1. The van der Waals surface area contributed by atoms with Crippen molar-refractivity contribution in [1.82, 2.24) is 0 Å².